The third kappa shape index (κ3) is 3.02. The van der Waals surface area contributed by atoms with Gasteiger partial charge in [-0.1, -0.05) is 0 Å². The first-order chi connectivity index (χ1) is 9.76. The van der Waals surface area contributed by atoms with Gasteiger partial charge in [0.15, 0.2) is 0 Å². The predicted octanol–water partition coefficient (Wildman–Crippen LogP) is 3.25. The number of nitrogens with one attached hydrogen (secondary N) is 1. The van der Waals surface area contributed by atoms with Crippen molar-refractivity contribution < 1.29 is 9.18 Å². The molecule has 1 unspecified atom stereocenters. The summed E-state index contributed by atoms with van der Waals surface area (Å²) < 4.78 is 15.4. The highest BCUT2D eigenvalue weighted by Gasteiger charge is 2.29. The summed E-state index contributed by atoms with van der Waals surface area (Å²) in [6.07, 6.45) is 0. The highest BCUT2D eigenvalue weighted by atomic mass is 35.5. The molecular weight excluding hydrogens is 293 g/mol. The number of alkyl halides is 1. The van der Waals surface area contributed by atoms with Crippen LogP contribution < -0.4 is 5.32 Å². The molecule has 1 aromatic carbocycles. The molecule has 0 fully saturated rings. The van der Waals surface area contributed by atoms with Crippen LogP contribution in [0.4, 0.5) is 4.39 Å². The summed E-state index contributed by atoms with van der Waals surface area (Å²) in [5, 5.41) is 2.31. The number of fused-ring (bicyclic) bond motifs is 1. The maximum Gasteiger partial charge on any atom is 0.227 e. The van der Waals surface area contributed by atoms with Crippen molar-refractivity contribution >= 4 is 28.5 Å². The van der Waals surface area contributed by atoms with Crippen molar-refractivity contribution in [1.82, 2.24) is 14.9 Å². The fraction of sp³-hybridized carbons (Fsp3) is 0.467. The van der Waals surface area contributed by atoms with Crippen LogP contribution in [0, 0.1) is 11.2 Å². The Labute approximate surface area is 128 Å². The first-order valence-electron chi connectivity index (χ1n) is 6.78. The number of aromatic nitrogens is 2. The molecule has 0 aliphatic heterocycles. The second-order valence-electron chi connectivity index (χ2n) is 5.77. The van der Waals surface area contributed by atoms with E-state index in [4.69, 9.17) is 11.6 Å². The zero-order chi connectivity index (χ0) is 15.8. The summed E-state index contributed by atoms with van der Waals surface area (Å²) in [4.78, 5) is 16.4. The topological polar surface area (TPSA) is 46.9 Å². The largest absolute Gasteiger partial charge is 0.359 e. The van der Waals surface area contributed by atoms with Gasteiger partial charge in [-0.25, -0.2) is 9.37 Å². The van der Waals surface area contributed by atoms with Crippen molar-refractivity contribution in [3.05, 3.63) is 29.8 Å². The van der Waals surface area contributed by atoms with E-state index in [2.05, 4.69) is 10.3 Å². The van der Waals surface area contributed by atoms with Crippen LogP contribution in [0.25, 0.3) is 11.0 Å². The lowest BCUT2D eigenvalue weighted by Gasteiger charge is -2.25. The van der Waals surface area contributed by atoms with E-state index in [9.17, 15) is 9.18 Å². The maximum absolute atomic E-state index is 13.5. The molecule has 0 saturated heterocycles. The second kappa shape index (κ2) is 5.64. The maximum atomic E-state index is 13.5. The molecule has 1 heterocycles. The van der Waals surface area contributed by atoms with E-state index in [-0.39, 0.29) is 17.1 Å². The summed E-state index contributed by atoms with van der Waals surface area (Å²) in [6, 6.07) is 4.41. The van der Waals surface area contributed by atoms with Crippen LogP contribution in [0.1, 0.15) is 32.0 Å². The van der Waals surface area contributed by atoms with Gasteiger partial charge in [-0.05, 0) is 39.0 Å². The van der Waals surface area contributed by atoms with Crippen LogP contribution in [-0.4, -0.2) is 22.5 Å². The number of halogens is 2. The van der Waals surface area contributed by atoms with Gasteiger partial charge < -0.3 is 9.88 Å². The third-order valence-electron chi connectivity index (χ3n) is 3.49. The fourth-order valence-electron chi connectivity index (χ4n) is 2.39. The first kappa shape index (κ1) is 15.8. The van der Waals surface area contributed by atoms with E-state index in [0.29, 0.717) is 23.4 Å². The summed E-state index contributed by atoms with van der Waals surface area (Å²) in [5.41, 5.74) is 0.663. The number of imidazole rings is 1. The van der Waals surface area contributed by atoms with Gasteiger partial charge in [-0.3, -0.25) is 4.79 Å². The van der Waals surface area contributed by atoms with Crippen molar-refractivity contribution in [2.75, 3.05) is 7.05 Å². The van der Waals surface area contributed by atoms with Gasteiger partial charge in [0.2, 0.25) is 5.91 Å². The molecule has 1 atom stereocenters. The molecule has 1 aromatic heterocycles. The van der Waals surface area contributed by atoms with E-state index in [1.54, 1.807) is 13.1 Å². The Hall–Kier alpha value is -1.62. The molecule has 6 heteroatoms. The standard InChI is InChI=1S/C15H19ClFN3O/c1-9(16)13-19-11-6-5-10(17)7-12(11)20(13)8-15(2,3)14(21)18-4/h5-7,9H,8H2,1-4H3,(H,18,21). The molecule has 1 amide bonds. The average molecular weight is 312 g/mol. The van der Waals surface area contributed by atoms with Crippen LogP contribution >= 0.6 is 11.6 Å². The van der Waals surface area contributed by atoms with Gasteiger partial charge in [0.05, 0.1) is 21.8 Å². The van der Waals surface area contributed by atoms with E-state index in [1.165, 1.54) is 12.1 Å². The quantitative estimate of drug-likeness (QED) is 0.881. The van der Waals surface area contributed by atoms with Crippen molar-refractivity contribution in [3.63, 3.8) is 0 Å². The normalized spacial score (nSPS) is 13.4. The lowest BCUT2D eigenvalue weighted by Crippen LogP contribution is -2.38. The van der Waals surface area contributed by atoms with Crippen molar-refractivity contribution in [3.8, 4) is 0 Å². The van der Waals surface area contributed by atoms with E-state index >= 15 is 0 Å². The van der Waals surface area contributed by atoms with Gasteiger partial charge >= 0.3 is 0 Å². The summed E-state index contributed by atoms with van der Waals surface area (Å²) in [6.45, 7) is 5.85. The highest BCUT2D eigenvalue weighted by Crippen LogP contribution is 2.29. The molecular formula is C15H19ClFN3O. The molecule has 21 heavy (non-hydrogen) atoms. The van der Waals surface area contributed by atoms with Crippen LogP contribution in [0.5, 0.6) is 0 Å². The predicted molar refractivity (Wildman–Crippen MR) is 81.8 cm³/mol. The van der Waals surface area contributed by atoms with Crippen molar-refractivity contribution in [1.29, 1.82) is 0 Å². The van der Waals surface area contributed by atoms with Crippen LogP contribution in [0.15, 0.2) is 18.2 Å². The molecule has 0 spiro atoms. The minimum atomic E-state index is -0.658. The summed E-state index contributed by atoms with van der Waals surface area (Å²) in [7, 11) is 1.60. The number of amides is 1. The van der Waals surface area contributed by atoms with E-state index < -0.39 is 5.41 Å². The monoisotopic (exact) mass is 311 g/mol. The van der Waals surface area contributed by atoms with Gasteiger partial charge in [-0.2, -0.15) is 0 Å². The number of rotatable bonds is 4. The number of hydrogen-bond acceptors (Lipinski definition) is 2. The summed E-state index contributed by atoms with van der Waals surface area (Å²) in [5.74, 6) is 0.207. The minimum Gasteiger partial charge on any atom is -0.359 e. The Morgan fingerprint density at radius 1 is 1.52 bits per heavy atom. The van der Waals surface area contributed by atoms with Crippen LogP contribution in [0.3, 0.4) is 0 Å². The number of carbonyl (C=O) groups is 1. The Kier molecular flexibility index (Phi) is 4.23. The van der Waals surface area contributed by atoms with Gasteiger partial charge in [0.25, 0.3) is 0 Å². The molecule has 4 nitrogen and oxygen atoms in total. The van der Waals surface area contributed by atoms with Crippen LogP contribution in [0.2, 0.25) is 0 Å². The Balaban J connectivity index is 2.57. The zero-order valence-corrected chi connectivity index (χ0v) is 13.3. The molecule has 0 saturated carbocycles. The fourth-order valence-corrected chi connectivity index (χ4v) is 2.56. The first-order valence-corrected chi connectivity index (χ1v) is 7.22. The zero-order valence-electron chi connectivity index (χ0n) is 12.6. The third-order valence-corrected chi connectivity index (χ3v) is 3.69. The molecule has 2 aromatic rings. The number of hydrogen-bond donors (Lipinski definition) is 1. The Bertz CT molecular complexity index is 679. The van der Waals surface area contributed by atoms with Gasteiger partial charge in [0.1, 0.15) is 11.6 Å². The molecule has 2 rings (SSSR count). The molecule has 0 radical (unpaired) electrons. The molecule has 114 valence electrons. The van der Waals surface area contributed by atoms with Gasteiger partial charge in [0, 0.05) is 13.6 Å². The van der Waals surface area contributed by atoms with E-state index in [0.717, 1.165) is 0 Å². The van der Waals surface area contributed by atoms with Crippen LogP contribution in [-0.2, 0) is 11.3 Å². The van der Waals surface area contributed by atoms with Crippen molar-refractivity contribution in [2.24, 2.45) is 5.41 Å². The lowest BCUT2D eigenvalue weighted by atomic mass is 9.92. The molecule has 0 aliphatic rings. The minimum absolute atomic E-state index is 0.0890. The second-order valence-corrected chi connectivity index (χ2v) is 6.42. The Morgan fingerprint density at radius 2 is 2.19 bits per heavy atom. The molecule has 0 bridgehead atoms. The van der Waals surface area contributed by atoms with Crippen molar-refractivity contribution in [2.45, 2.75) is 32.7 Å². The SMILES string of the molecule is CNC(=O)C(C)(C)Cn1c(C(C)Cl)nc2ccc(F)cc21. The number of benzene rings is 1. The molecule has 1 N–H and O–H groups in total. The summed E-state index contributed by atoms with van der Waals surface area (Å²) >= 11 is 6.18. The van der Waals surface area contributed by atoms with Gasteiger partial charge in [-0.15, -0.1) is 11.6 Å². The average Bonchev–Trinajstić information content (AvgIpc) is 2.75. The lowest BCUT2D eigenvalue weighted by molar-refractivity contribution is -0.129. The van der Waals surface area contributed by atoms with E-state index in [1.807, 2.05) is 25.3 Å². The Morgan fingerprint density at radius 3 is 2.76 bits per heavy atom. The molecule has 0 aliphatic carbocycles. The highest BCUT2D eigenvalue weighted by molar-refractivity contribution is 6.20. The smallest absolute Gasteiger partial charge is 0.227 e. The number of carbonyl (C=O) groups excluding carboxylic acids is 1. The number of nitrogens with zero attached hydrogens (tertiary/aromatic N) is 2.